The van der Waals surface area contributed by atoms with Crippen molar-refractivity contribution < 1.29 is 72.2 Å². The number of nitrogens with two attached hydrogens (primary N) is 1. The monoisotopic (exact) mass is 1090 g/mol. The summed E-state index contributed by atoms with van der Waals surface area (Å²) in [4.78, 5) is 87.6. The number of ether oxygens (including phenoxy) is 6. The molecule has 0 aromatic carbocycles. The van der Waals surface area contributed by atoms with Crippen molar-refractivity contribution in [2.24, 2.45) is 5.73 Å². The van der Waals surface area contributed by atoms with Gasteiger partial charge in [0, 0.05) is 89.9 Å². The van der Waals surface area contributed by atoms with Crippen molar-refractivity contribution in [3.05, 3.63) is 18.2 Å². The third-order valence-electron chi connectivity index (χ3n) is 11.7. The van der Waals surface area contributed by atoms with Crippen LogP contribution in [0.5, 0.6) is 0 Å². The molecular weight excluding hydrogens is 985 g/mol. The van der Waals surface area contributed by atoms with Gasteiger partial charge in [0.15, 0.2) is 11.6 Å². The van der Waals surface area contributed by atoms with Gasteiger partial charge >= 0.3 is 11.9 Å². The predicted molar refractivity (Wildman–Crippen MR) is 292 cm³/mol. The summed E-state index contributed by atoms with van der Waals surface area (Å²) in [5.41, 5.74) is 6.68. The van der Waals surface area contributed by atoms with Gasteiger partial charge in [-0.2, -0.15) is 0 Å². The van der Waals surface area contributed by atoms with Gasteiger partial charge in [-0.15, -0.1) is 0 Å². The van der Waals surface area contributed by atoms with E-state index in [9.17, 15) is 38.7 Å². The Hall–Kier alpha value is -4.22. The topological polar surface area (TPSA) is 306 Å². The molecule has 2 atom stereocenters. The van der Waals surface area contributed by atoms with Crippen molar-refractivity contribution in [2.45, 2.75) is 194 Å². The quantitative estimate of drug-likeness (QED) is 0.0344. The lowest BCUT2D eigenvalue weighted by molar-refractivity contribution is -0.140. The van der Waals surface area contributed by atoms with E-state index >= 15 is 0 Å². The third kappa shape index (κ3) is 51.9. The van der Waals surface area contributed by atoms with Crippen LogP contribution in [-0.2, 0) is 68.4 Å². The Morgan fingerprint density at radius 2 is 1.04 bits per heavy atom. The maximum absolute atomic E-state index is 12.2. The van der Waals surface area contributed by atoms with Crippen molar-refractivity contribution in [3.63, 3.8) is 0 Å². The lowest BCUT2D eigenvalue weighted by Gasteiger charge is -2.15. The first-order valence-electron chi connectivity index (χ1n) is 27.9. The minimum absolute atomic E-state index is 0. The maximum atomic E-state index is 12.2. The molecule has 0 saturated carbocycles. The van der Waals surface area contributed by atoms with Crippen LogP contribution in [0.15, 0.2) is 12.5 Å². The molecule has 21 nitrogen and oxygen atoms in total. The molecule has 0 fully saturated rings. The number of unbranched alkanes of at least 4 members (excludes halogenated alkanes) is 14. The highest BCUT2D eigenvalue weighted by Crippen LogP contribution is 2.14. The summed E-state index contributed by atoms with van der Waals surface area (Å²) in [6, 6.07) is -1.47. The molecule has 1 rings (SSSR count). The summed E-state index contributed by atoms with van der Waals surface area (Å²) in [5, 5.41) is 26.3. The molecule has 1 heterocycles. The van der Waals surface area contributed by atoms with Crippen LogP contribution in [0.25, 0.3) is 0 Å². The number of nitrogens with one attached hydrogen (secondary N) is 4. The van der Waals surface area contributed by atoms with E-state index in [4.69, 9.17) is 39.3 Å². The second-order valence-electron chi connectivity index (χ2n) is 18.5. The number of imidazole rings is 1. The van der Waals surface area contributed by atoms with Crippen molar-refractivity contribution in [3.8, 4) is 0 Å². The van der Waals surface area contributed by atoms with Gasteiger partial charge in [0.2, 0.25) is 11.8 Å². The number of amides is 2. The standard InChI is InChI=1S/C27H47N5O9.C27H51NO6.CH4/c1-2-38-12-14-40-18-22(33)6-5-11-39-13-15-41-19-26(35)31-9-4-3-7-24(27(36)37)30-10-8-25(34)23(28)16-21-17-29-20-32-21;1-2-28-26(30)24-34-23-22-33-21-17-19-25(29)18-15-13-11-9-7-5-3-4-6-8-10-12-14-16-20-27(31)32;/h17,20,23-24,30H,2-16,18-19,28H2,1H3,(H,29,32)(H,31,35)(H,36,37);2-24H2,1H3,(H,28,30)(H,31,32);1H4/t23-,24-;;/m0../s1. The number of aromatic nitrogens is 2. The maximum Gasteiger partial charge on any atom is 0.320 e. The van der Waals surface area contributed by atoms with E-state index in [1.54, 1.807) is 6.20 Å². The van der Waals surface area contributed by atoms with Crippen molar-refractivity contribution in [2.75, 3.05) is 98.9 Å². The number of carboxylic acids is 2. The van der Waals surface area contributed by atoms with E-state index in [-0.39, 0.29) is 70.2 Å². The molecule has 0 saturated heterocycles. The lowest BCUT2D eigenvalue weighted by atomic mass is 10.0. The molecule has 0 radical (unpaired) electrons. The average molecular weight is 1090 g/mol. The molecule has 8 N–H and O–H groups in total. The number of likely N-dealkylation sites (N-methyl/N-ethyl adjacent to an activating group) is 1. The fourth-order valence-electron chi connectivity index (χ4n) is 7.49. The Morgan fingerprint density at radius 1 is 0.553 bits per heavy atom. The van der Waals surface area contributed by atoms with Crippen LogP contribution in [0, 0.1) is 0 Å². The number of nitrogens with zero attached hydrogens (tertiary/aromatic N) is 1. The minimum Gasteiger partial charge on any atom is -0.481 e. The number of rotatable bonds is 55. The second kappa shape index (κ2) is 55.5. The average Bonchev–Trinajstić information content (AvgIpc) is 3.90. The number of hydrogen-bond acceptors (Lipinski definition) is 16. The number of ketones is 3. The van der Waals surface area contributed by atoms with Crippen molar-refractivity contribution in [1.29, 1.82) is 0 Å². The minimum atomic E-state index is -0.993. The number of hydrogen-bond donors (Lipinski definition) is 7. The Balaban J connectivity index is 0. The zero-order valence-electron chi connectivity index (χ0n) is 45.8. The van der Waals surface area contributed by atoms with Crippen LogP contribution in [0.4, 0.5) is 0 Å². The van der Waals surface area contributed by atoms with Gasteiger partial charge in [0.1, 0.15) is 31.6 Å². The number of aromatic amines is 1. The van der Waals surface area contributed by atoms with E-state index in [2.05, 4.69) is 25.9 Å². The molecule has 2 amide bonds. The van der Waals surface area contributed by atoms with Crippen LogP contribution in [0.2, 0.25) is 0 Å². The number of carbonyl (C=O) groups excluding carboxylic acids is 5. The van der Waals surface area contributed by atoms with Gasteiger partial charge in [-0.25, -0.2) is 4.98 Å². The second-order valence-corrected chi connectivity index (χ2v) is 18.5. The smallest absolute Gasteiger partial charge is 0.320 e. The van der Waals surface area contributed by atoms with Crippen molar-refractivity contribution >= 4 is 41.1 Å². The molecule has 0 bridgehead atoms. The van der Waals surface area contributed by atoms with Gasteiger partial charge < -0.3 is 65.3 Å². The largest absolute Gasteiger partial charge is 0.481 e. The normalized spacial score (nSPS) is 11.7. The predicted octanol–water partition coefficient (Wildman–Crippen LogP) is 6.47. The third-order valence-corrected chi connectivity index (χ3v) is 11.7. The number of carboxylic acid groups (broad SMARTS) is 2. The molecular formula is C55H102N6O15. The van der Waals surface area contributed by atoms with Crippen LogP contribution in [-0.4, -0.2) is 172 Å². The zero-order chi connectivity index (χ0) is 55.3. The lowest BCUT2D eigenvalue weighted by Crippen LogP contribution is -2.40. The molecule has 1 aromatic rings. The fraction of sp³-hybridized carbons (Fsp3) is 0.818. The highest BCUT2D eigenvalue weighted by Gasteiger charge is 2.19. The molecule has 1 aromatic heterocycles. The van der Waals surface area contributed by atoms with Gasteiger partial charge in [-0.1, -0.05) is 84.5 Å². The van der Waals surface area contributed by atoms with Gasteiger partial charge in [0.05, 0.1) is 52.0 Å². The molecule has 442 valence electrons. The SMILES string of the molecule is C.CCNC(=O)COCCOCCCC(=O)CCCCCCCCCCCCCCCCC(=O)O.CCOCCOCC(=O)CCCOCCOCC(=O)NCCCC[C@H](NCCC(=O)[C@@H](N)Cc1cnc[nH]1)C(=O)O. The first-order valence-corrected chi connectivity index (χ1v) is 27.9. The van der Waals surface area contributed by atoms with Crippen LogP contribution in [0.1, 0.15) is 181 Å². The van der Waals surface area contributed by atoms with Gasteiger partial charge in [-0.05, 0) is 58.8 Å². The molecule has 0 aliphatic rings. The number of H-pyrrole nitrogens is 1. The zero-order valence-corrected chi connectivity index (χ0v) is 45.8. The summed E-state index contributed by atoms with van der Waals surface area (Å²) in [6.07, 6.45) is 25.2. The van der Waals surface area contributed by atoms with Crippen molar-refractivity contribution in [1.82, 2.24) is 25.9 Å². The first-order chi connectivity index (χ1) is 36.4. The summed E-state index contributed by atoms with van der Waals surface area (Å²) >= 11 is 0. The number of Topliss-reactive ketones (excluding diaryl/α,β-unsaturated/α-hetero) is 3. The van der Waals surface area contributed by atoms with E-state index in [0.717, 1.165) is 37.8 Å². The molecule has 0 spiro atoms. The Kier molecular flexibility index (Phi) is 54.0. The van der Waals surface area contributed by atoms with E-state index in [1.807, 2.05) is 13.8 Å². The van der Waals surface area contributed by atoms with E-state index in [1.165, 1.54) is 70.5 Å². The van der Waals surface area contributed by atoms with Crippen LogP contribution >= 0.6 is 0 Å². The summed E-state index contributed by atoms with van der Waals surface area (Å²) in [6.45, 7) is 8.92. The number of carbonyl (C=O) groups is 7. The highest BCUT2D eigenvalue weighted by atomic mass is 16.5. The van der Waals surface area contributed by atoms with Crippen LogP contribution < -0.4 is 21.7 Å². The Bertz CT molecular complexity index is 1570. The summed E-state index contributed by atoms with van der Waals surface area (Å²) in [5.74, 6) is -1.86. The van der Waals surface area contributed by atoms with Gasteiger partial charge in [-0.3, -0.25) is 33.6 Å². The Morgan fingerprint density at radius 3 is 1.55 bits per heavy atom. The molecule has 0 aliphatic heterocycles. The van der Waals surface area contributed by atoms with Crippen LogP contribution in [0.3, 0.4) is 0 Å². The molecule has 0 unspecified atom stereocenters. The summed E-state index contributed by atoms with van der Waals surface area (Å²) in [7, 11) is 0. The fourth-order valence-corrected chi connectivity index (χ4v) is 7.49. The first kappa shape index (κ1) is 73.9. The Labute approximate surface area is 454 Å². The molecule has 0 aliphatic carbocycles. The molecule has 76 heavy (non-hydrogen) atoms. The highest BCUT2D eigenvalue weighted by molar-refractivity contribution is 5.84. The number of aliphatic carboxylic acids is 2. The summed E-state index contributed by atoms with van der Waals surface area (Å²) < 4.78 is 31.7. The van der Waals surface area contributed by atoms with E-state index < -0.39 is 24.0 Å². The van der Waals surface area contributed by atoms with E-state index in [0.29, 0.717) is 130 Å². The molecule has 21 heteroatoms. The van der Waals surface area contributed by atoms with Gasteiger partial charge in [0.25, 0.3) is 0 Å².